The van der Waals surface area contributed by atoms with Crippen molar-refractivity contribution >= 4 is 34.2 Å². The number of likely N-dealkylation sites (tertiary alicyclic amines) is 1. The molecule has 1 saturated heterocycles. The number of aliphatic carboxylic acids is 1. The third-order valence-corrected chi connectivity index (χ3v) is 7.34. The zero-order chi connectivity index (χ0) is 30.2. The fraction of sp³-hybridized carbons (Fsp3) is 0.448. The topological polar surface area (TPSA) is 95.7 Å². The molecule has 0 radical (unpaired) electrons. The van der Waals surface area contributed by atoms with Crippen molar-refractivity contribution in [2.24, 2.45) is 0 Å². The van der Waals surface area contributed by atoms with Crippen molar-refractivity contribution in [1.29, 1.82) is 0 Å². The summed E-state index contributed by atoms with van der Waals surface area (Å²) in [6.07, 6.45) is -1.86. The highest BCUT2D eigenvalue weighted by atomic mass is 35.5. The zero-order valence-electron chi connectivity index (χ0n) is 23.0. The molecule has 1 fully saturated rings. The molecule has 1 aliphatic rings. The molecule has 0 spiro atoms. The van der Waals surface area contributed by atoms with Gasteiger partial charge >= 0.3 is 12.1 Å². The molecule has 2 aromatic carbocycles. The number of fused-ring (bicyclic) bond motifs is 1. The van der Waals surface area contributed by atoms with Gasteiger partial charge in [0.05, 0.1) is 17.6 Å². The lowest BCUT2D eigenvalue weighted by molar-refractivity contribution is -0.192. The Hall–Kier alpha value is -3.44. The van der Waals surface area contributed by atoms with Crippen molar-refractivity contribution in [3.63, 3.8) is 0 Å². The minimum Gasteiger partial charge on any atom is -0.475 e. The van der Waals surface area contributed by atoms with Crippen LogP contribution in [-0.4, -0.2) is 75.0 Å². The van der Waals surface area contributed by atoms with E-state index in [0.29, 0.717) is 29.8 Å². The van der Waals surface area contributed by atoms with Crippen LogP contribution in [0.4, 0.5) is 13.2 Å². The van der Waals surface area contributed by atoms with E-state index in [1.807, 2.05) is 67.3 Å². The van der Waals surface area contributed by atoms with E-state index >= 15 is 0 Å². The smallest absolute Gasteiger partial charge is 0.475 e. The summed E-state index contributed by atoms with van der Waals surface area (Å²) < 4.78 is 33.4. The van der Waals surface area contributed by atoms with E-state index < -0.39 is 12.1 Å². The highest BCUT2D eigenvalue weighted by Gasteiger charge is 2.38. The standard InChI is InChI=1S/C27H33ClN4O2.C2HF3O2/c1-3-30(4-2)26(33)15-17-31-16-7-8-22(31)19-32-27(34)24-10-6-5-9-23(24)25(29-32)18-20-11-13-21(28)14-12-20;3-2(4,5)1(6)7/h5-6,9-14,22H,3-4,7-8,15-19H2,1-2H3;(H,6,7)/t22-;/m1./s1. The van der Waals surface area contributed by atoms with Gasteiger partial charge in [-0.2, -0.15) is 18.3 Å². The lowest BCUT2D eigenvalue weighted by Crippen LogP contribution is -2.40. The number of hydrogen-bond acceptors (Lipinski definition) is 5. The van der Waals surface area contributed by atoms with E-state index in [2.05, 4.69) is 4.90 Å². The minimum absolute atomic E-state index is 0.0541. The summed E-state index contributed by atoms with van der Waals surface area (Å²) in [5.74, 6) is -2.56. The van der Waals surface area contributed by atoms with Crippen LogP contribution < -0.4 is 5.56 Å². The molecule has 1 aromatic heterocycles. The second kappa shape index (κ2) is 14.5. The summed E-state index contributed by atoms with van der Waals surface area (Å²) in [6, 6.07) is 15.7. The van der Waals surface area contributed by atoms with Crippen molar-refractivity contribution in [2.45, 2.75) is 58.3 Å². The minimum atomic E-state index is -5.08. The number of rotatable bonds is 9. The third-order valence-electron chi connectivity index (χ3n) is 7.08. The molecule has 222 valence electrons. The van der Waals surface area contributed by atoms with Gasteiger partial charge in [-0.3, -0.25) is 14.5 Å². The number of carboxylic acids is 1. The number of amides is 1. The fourth-order valence-corrected chi connectivity index (χ4v) is 5.05. The van der Waals surface area contributed by atoms with E-state index in [0.717, 1.165) is 55.7 Å². The first-order valence-electron chi connectivity index (χ1n) is 13.5. The molecular weight excluding hydrogens is 561 g/mol. The monoisotopic (exact) mass is 594 g/mol. The number of nitrogens with zero attached hydrogens (tertiary/aromatic N) is 4. The SMILES string of the molecule is CCN(CC)C(=O)CCN1CCC[C@@H]1Cn1nc(Cc2ccc(Cl)cc2)c2ccccc2c1=O.O=C(O)C(F)(F)F. The van der Waals surface area contributed by atoms with Crippen LogP contribution in [0.3, 0.4) is 0 Å². The first kappa shape index (κ1) is 32.1. The molecule has 3 aromatic rings. The van der Waals surface area contributed by atoms with Crippen LogP contribution in [0.2, 0.25) is 5.02 Å². The fourth-order valence-electron chi connectivity index (χ4n) is 4.92. The second-order valence-corrected chi connectivity index (χ2v) is 10.2. The highest BCUT2D eigenvalue weighted by Crippen LogP contribution is 2.22. The number of aromatic nitrogens is 2. The van der Waals surface area contributed by atoms with Gasteiger partial charge in [-0.25, -0.2) is 9.48 Å². The number of carbonyl (C=O) groups is 2. The lowest BCUT2D eigenvalue weighted by Gasteiger charge is -2.26. The van der Waals surface area contributed by atoms with Crippen LogP contribution in [0, 0.1) is 0 Å². The van der Waals surface area contributed by atoms with Crippen LogP contribution in [0.25, 0.3) is 10.8 Å². The van der Waals surface area contributed by atoms with Gasteiger partial charge in [0.25, 0.3) is 5.56 Å². The molecule has 12 heteroatoms. The molecular formula is C29H34ClF3N4O4. The Morgan fingerprint density at radius 1 is 1.07 bits per heavy atom. The molecule has 1 aliphatic heterocycles. The normalized spacial score (nSPS) is 15.4. The van der Waals surface area contributed by atoms with Gasteiger partial charge in [-0.15, -0.1) is 0 Å². The van der Waals surface area contributed by atoms with E-state index in [1.165, 1.54) is 0 Å². The summed E-state index contributed by atoms with van der Waals surface area (Å²) in [5, 5.41) is 14.3. The number of carbonyl (C=O) groups excluding carboxylic acids is 1. The van der Waals surface area contributed by atoms with E-state index in [9.17, 15) is 22.8 Å². The number of carboxylic acid groups (broad SMARTS) is 1. The molecule has 0 bridgehead atoms. The largest absolute Gasteiger partial charge is 0.490 e. The molecule has 0 aliphatic carbocycles. The first-order valence-corrected chi connectivity index (χ1v) is 13.9. The molecule has 4 rings (SSSR count). The van der Waals surface area contributed by atoms with Gasteiger partial charge in [-0.1, -0.05) is 41.9 Å². The predicted molar refractivity (Wildman–Crippen MR) is 151 cm³/mol. The van der Waals surface area contributed by atoms with Crippen LogP contribution in [0.15, 0.2) is 53.3 Å². The Bertz CT molecular complexity index is 1390. The van der Waals surface area contributed by atoms with Gasteiger partial charge in [-0.05, 0) is 57.0 Å². The second-order valence-electron chi connectivity index (χ2n) is 9.73. The van der Waals surface area contributed by atoms with Crippen LogP contribution in [0.5, 0.6) is 0 Å². The molecule has 1 amide bonds. The van der Waals surface area contributed by atoms with E-state index in [4.69, 9.17) is 26.6 Å². The Balaban J connectivity index is 0.000000587. The maximum absolute atomic E-state index is 13.3. The van der Waals surface area contributed by atoms with E-state index in [1.54, 1.807) is 4.68 Å². The highest BCUT2D eigenvalue weighted by molar-refractivity contribution is 6.30. The van der Waals surface area contributed by atoms with Crippen molar-refractivity contribution in [3.05, 3.63) is 75.2 Å². The summed E-state index contributed by atoms with van der Waals surface area (Å²) in [4.78, 5) is 38.9. The summed E-state index contributed by atoms with van der Waals surface area (Å²) in [5.41, 5.74) is 1.94. The van der Waals surface area contributed by atoms with Gasteiger partial charge in [0.15, 0.2) is 0 Å². The molecule has 1 N–H and O–H groups in total. The summed E-state index contributed by atoms with van der Waals surface area (Å²) in [6.45, 7) is 7.73. The average molecular weight is 595 g/mol. The average Bonchev–Trinajstić information content (AvgIpc) is 3.38. The van der Waals surface area contributed by atoms with Crippen LogP contribution >= 0.6 is 11.6 Å². The number of halogens is 4. The zero-order valence-corrected chi connectivity index (χ0v) is 23.8. The number of alkyl halides is 3. The molecule has 1 atom stereocenters. The first-order chi connectivity index (χ1) is 19.4. The molecule has 41 heavy (non-hydrogen) atoms. The summed E-state index contributed by atoms with van der Waals surface area (Å²) >= 11 is 6.05. The maximum atomic E-state index is 13.3. The lowest BCUT2D eigenvalue weighted by atomic mass is 10.0. The predicted octanol–water partition coefficient (Wildman–Crippen LogP) is 5.00. The van der Waals surface area contributed by atoms with Gasteiger partial charge in [0.1, 0.15) is 0 Å². The Labute approximate surface area is 241 Å². The van der Waals surface area contributed by atoms with Crippen LogP contribution in [-0.2, 0) is 22.6 Å². The molecule has 8 nitrogen and oxygen atoms in total. The number of hydrogen-bond donors (Lipinski definition) is 1. The van der Waals surface area contributed by atoms with Crippen molar-refractivity contribution in [3.8, 4) is 0 Å². The van der Waals surface area contributed by atoms with Gasteiger partial charge in [0.2, 0.25) is 5.91 Å². The van der Waals surface area contributed by atoms with Crippen LogP contribution in [0.1, 0.15) is 44.4 Å². The van der Waals surface area contributed by atoms with Crippen molar-refractivity contribution in [1.82, 2.24) is 19.6 Å². The Morgan fingerprint density at radius 3 is 2.27 bits per heavy atom. The molecule has 0 saturated carbocycles. The molecule has 2 heterocycles. The van der Waals surface area contributed by atoms with Crippen molar-refractivity contribution < 1.29 is 27.9 Å². The Morgan fingerprint density at radius 2 is 1.68 bits per heavy atom. The molecule has 0 unspecified atom stereocenters. The summed E-state index contributed by atoms with van der Waals surface area (Å²) in [7, 11) is 0. The quantitative estimate of drug-likeness (QED) is 0.375. The third kappa shape index (κ3) is 8.77. The Kier molecular flexibility index (Phi) is 11.3. The maximum Gasteiger partial charge on any atom is 0.490 e. The van der Waals surface area contributed by atoms with Gasteiger partial charge < -0.3 is 10.0 Å². The van der Waals surface area contributed by atoms with E-state index in [-0.39, 0.29) is 17.5 Å². The van der Waals surface area contributed by atoms with Crippen molar-refractivity contribution in [2.75, 3.05) is 26.2 Å². The van der Waals surface area contributed by atoms with Gasteiger partial charge in [0, 0.05) is 48.9 Å². The number of benzene rings is 2.